The molecule has 3 fully saturated rings. The van der Waals surface area contributed by atoms with Gasteiger partial charge in [0.15, 0.2) is 4.90 Å². The molecule has 3 saturated carbocycles. The number of aliphatic hydroxyl groups excluding tert-OH is 2. The smallest absolute Gasteiger partial charge is 0.152 e. The van der Waals surface area contributed by atoms with Gasteiger partial charge in [0.25, 0.3) is 0 Å². The van der Waals surface area contributed by atoms with Crippen LogP contribution in [-0.4, -0.2) is 32.7 Å². The van der Waals surface area contributed by atoms with Gasteiger partial charge in [0.2, 0.25) is 0 Å². The molecule has 7 atom stereocenters. The monoisotopic (exact) mass is 482 g/mol. The number of allylic oxidation sites excluding steroid dienone is 3. The van der Waals surface area contributed by atoms with E-state index in [2.05, 4.69) is 51.6 Å². The van der Waals surface area contributed by atoms with Crippen LogP contribution in [-0.2, 0) is 11.2 Å². The Morgan fingerprint density at radius 2 is 1.94 bits per heavy atom. The lowest BCUT2D eigenvalue weighted by Crippen LogP contribution is -2.36. The van der Waals surface area contributed by atoms with Crippen LogP contribution in [0.3, 0.4) is 0 Å². The molecule has 1 aromatic rings. The summed E-state index contributed by atoms with van der Waals surface area (Å²) in [6.45, 7) is 11.0. The van der Waals surface area contributed by atoms with Gasteiger partial charge >= 0.3 is 0 Å². The molecule has 1 unspecified atom stereocenters. The summed E-state index contributed by atoms with van der Waals surface area (Å²) in [6, 6.07) is 8.12. The van der Waals surface area contributed by atoms with E-state index < -0.39 is 23.4 Å². The summed E-state index contributed by atoms with van der Waals surface area (Å²) in [7, 11) is 0. The molecule has 4 heteroatoms. The summed E-state index contributed by atoms with van der Waals surface area (Å²) in [4.78, 5) is 0.948. The van der Waals surface area contributed by atoms with Gasteiger partial charge in [-0.25, -0.2) is 0 Å². The van der Waals surface area contributed by atoms with Gasteiger partial charge in [0.1, 0.15) is 5.75 Å². The second kappa shape index (κ2) is 10.7. The summed E-state index contributed by atoms with van der Waals surface area (Å²) in [5, 5.41) is 20.3. The first-order valence-electron chi connectivity index (χ1n) is 13.1. The van der Waals surface area contributed by atoms with Gasteiger partial charge in [-0.1, -0.05) is 55.8 Å². The van der Waals surface area contributed by atoms with Crippen molar-refractivity contribution in [1.82, 2.24) is 0 Å². The van der Waals surface area contributed by atoms with Crippen molar-refractivity contribution in [2.45, 2.75) is 89.2 Å². The van der Waals surface area contributed by atoms with Crippen molar-refractivity contribution in [2.75, 3.05) is 5.75 Å². The average Bonchev–Trinajstić information content (AvgIpc) is 3.16. The largest absolute Gasteiger partial charge is 0.611 e. The lowest BCUT2D eigenvalue weighted by atomic mass is 9.61. The number of rotatable bonds is 6. The predicted octanol–water partition coefficient (Wildman–Crippen LogP) is 6.27. The first-order valence-corrected chi connectivity index (χ1v) is 14.4. The minimum atomic E-state index is -0.926. The van der Waals surface area contributed by atoms with E-state index in [4.69, 9.17) is 0 Å². The summed E-state index contributed by atoms with van der Waals surface area (Å²) in [6.07, 6.45) is 11.4. The Morgan fingerprint density at radius 3 is 2.68 bits per heavy atom. The molecule has 186 valence electrons. The number of hydrogen-bond acceptors (Lipinski definition) is 3. The fourth-order valence-corrected chi connectivity index (χ4v) is 8.24. The molecule has 3 nitrogen and oxygen atoms in total. The van der Waals surface area contributed by atoms with Crippen molar-refractivity contribution < 1.29 is 14.8 Å². The topological polar surface area (TPSA) is 63.5 Å². The molecule has 2 N–H and O–H groups in total. The normalized spacial score (nSPS) is 36.0. The predicted molar refractivity (Wildman–Crippen MR) is 141 cm³/mol. The average molecular weight is 483 g/mol. The fourth-order valence-electron chi connectivity index (χ4n) is 6.98. The zero-order chi connectivity index (χ0) is 24.5. The van der Waals surface area contributed by atoms with Crippen LogP contribution in [0.15, 0.2) is 64.6 Å². The Morgan fingerprint density at radius 1 is 1.21 bits per heavy atom. The Labute approximate surface area is 209 Å². The SMILES string of the molecule is C=C1/C(=C\C=C2/CCC[C@]3(C)[C@@H]([C@H](C)CC[S+]([O-])c4ccc(C)cc4)CC[C@@H]23)C[C@H](O)C[C@H]1O. The number of benzene rings is 1. The van der Waals surface area contributed by atoms with Gasteiger partial charge in [-0.3, -0.25) is 0 Å². The van der Waals surface area contributed by atoms with E-state index in [0.29, 0.717) is 36.0 Å². The fraction of sp³-hybridized carbons (Fsp3) is 0.600. The van der Waals surface area contributed by atoms with Crippen LogP contribution in [0.5, 0.6) is 0 Å². The van der Waals surface area contributed by atoms with E-state index in [-0.39, 0.29) is 0 Å². The van der Waals surface area contributed by atoms with Crippen LogP contribution >= 0.6 is 0 Å². The second-order valence-corrected chi connectivity index (χ2v) is 12.9. The third-order valence-electron chi connectivity index (χ3n) is 9.03. The molecule has 3 aliphatic rings. The summed E-state index contributed by atoms with van der Waals surface area (Å²) < 4.78 is 12.9. The minimum Gasteiger partial charge on any atom is -0.611 e. The maximum Gasteiger partial charge on any atom is 0.152 e. The maximum atomic E-state index is 12.9. The number of fused-ring (bicyclic) bond motifs is 1. The number of aryl methyl sites for hydroxylation is 1. The molecular formula is C30H42O3S. The van der Waals surface area contributed by atoms with Crippen LogP contribution in [0, 0.1) is 30.1 Å². The Kier molecular flexibility index (Phi) is 8.13. The summed E-state index contributed by atoms with van der Waals surface area (Å²) in [5.74, 6) is 2.56. The quantitative estimate of drug-likeness (QED) is 0.470. The first kappa shape index (κ1) is 25.8. The van der Waals surface area contributed by atoms with Gasteiger partial charge in [-0.15, -0.1) is 0 Å². The Hall–Kier alpha value is -1.33. The zero-order valence-electron chi connectivity index (χ0n) is 21.1. The molecule has 0 amide bonds. The van der Waals surface area contributed by atoms with Gasteiger partial charge in [0, 0.05) is 6.42 Å². The lowest BCUT2D eigenvalue weighted by molar-refractivity contribution is 0.0861. The molecule has 1 aromatic carbocycles. The van der Waals surface area contributed by atoms with Gasteiger partial charge in [-0.05, 0) is 109 Å². The maximum absolute atomic E-state index is 12.9. The molecule has 0 aromatic heterocycles. The van der Waals surface area contributed by atoms with Crippen LogP contribution in [0.2, 0.25) is 0 Å². The highest BCUT2D eigenvalue weighted by Gasteiger charge is 2.50. The zero-order valence-corrected chi connectivity index (χ0v) is 21.9. The van der Waals surface area contributed by atoms with Gasteiger partial charge in [0.05, 0.1) is 12.2 Å². The molecule has 0 aliphatic heterocycles. The highest BCUT2D eigenvalue weighted by atomic mass is 32.2. The van der Waals surface area contributed by atoms with Gasteiger partial charge < -0.3 is 14.8 Å². The molecule has 3 aliphatic carbocycles. The van der Waals surface area contributed by atoms with E-state index >= 15 is 0 Å². The Bertz CT molecular complexity index is 933. The third kappa shape index (κ3) is 5.41. The van der Waals surface area contributed by atoms with E-state index in [1.807, 2.05) is 12.1 Å². The summed E-state index contributed by atoms with van der Waals surface area (Å²) >= 11 is -0.926. The number of hydrogen-bond donors (Lipinski definition) is 2. The van der Waals surface area contributed by atoms with Crippen molar-refractivity contribution >= 4 is 11.2 Å². The first-order chi connectivity index (χ1) is 16.2. The molecule has 0 heterocycles. The number of aliphatic hydroxyl groups is 2. The highest BCUT2D eigenvalue weighted by Crippen LogP contribution is 2.59. The van der Waals surface area contributed by atoms with E-state index in [9.17, 15) is 14.8 Å². The molecule has 0 radical (unpaired) electrons. The van der Waals surface area contributed by atoms with Crippen molar-refractivity contribution in [3.05, 3.63) is 65.3 Å². The van der Waals surface area contributed by atoms with Crippen LogP contribution in [0.1, 0.15) is 70.8 Å². The van der Waals surface area contributed by atoms with Crippen molar-refractivity contribution in [1.29, 1.82) is 0 Å². The van der Waals surface area contributed by atoms with Crippen molar-refractivity contribution in [2.24, 2.45) is 23.2 Å². The van der Waals surface area contributed by atoms with Gasteiger partial charge in [-0.2, -0.15) is 0 Å². The van der Waals surface area contributed by atoms with Crippen LogP contribution in [0.25, 0.3) is 0 Å². The molecular weight excluding hydrogens is 440 g/mol. The lowest BCUT2D eigenvalue weighted by Gasteiger charge is -2.44. The van der Waals surface area contributed by atoms with Crippen molar-refractivity contribution in [3.63, 3.8) is 0 Å². The molecule has 4 rings (SSSR count). The van der Waals surface area contributed by atoms with E-state index in [1.165, 1.54) is 36.8 Å². The van der Waals surface area contributed by atoms with Crippen LogP contribution < -0.4 is 0 Å². The standard InChI is InChI=1S/C30H42O3S/c1-20-7-11-26(12-8-20)34(33)17-15-21(2)27-13-14-28-23(6-5-16-30(27,28)4)9-10-24-18-25(31)19-29(32)22(24)3/h7-12,21,25,27-29,31-32H,3,5-6,13-19H2,1-2,4H3/b23-9+,24-10-/t21-,25+,27-,28+,29-,30-,34?/m1/s1. The minimum absolute atomic E-state index is 0.302. The highest BCUT2D eigenvalue weighted by molar-refractivity contribution is 7.91. The molecule has 34 heavy (non-hydrogen) atoms. The third-order valence-corrected chi connectivity index (χ3v) is 10.4. The second-order valence-electron chi connectivity index (χ2n) is 11.3. The van der Waals surface area contributed by atoms with E-state index in [1.54, 1.807) is 0 Å². The molecule has 0 bridgehead atoms. The molecule has 0 saturated heterocycles. The molecule has 0 spiro atoms. The van der Waals surface area contributed by atoms with E-state index in [0.717, 1.165) is 34.6 Å². The Balaban J connectivity index is 1.42. The summed E-state index contributed by atoms with van der Waals surface area (Å²) in [5.41, 5.74) is 4.79. The van der Waals surface area contributed by atoms with Crippen molar-refractivity contribution in [3.8, 4) is 0 Å². The van der Waals surface area contributed by atoms with Crippen LogP contribution in [0.4, 0.5) is 0 Å².